The molecule has 3 aromatic heterocycles. The average Bonchev–Trinajstić information content (AvgIpc) is 3.85. The molecule has 10 aromatic rings. The van der Waals surface area contributed by atoms with E-state index in [0.717, 1.165) is 0 Å². The van der Waals surface area contributed by atoms with E-state index >= 15 is 0 Å². The van der Waals surface area contributed by atoms with Gasteiger partial charge in [0.25, 0.3) is 6.71 Å². The third-order valence-corrected chi connectivity index (χ3v) is 14.6. The summed E-state index contributed by atoms with van der Waals surface area (Å²) in [5.41, 5.74) is 21.1. The fraction of sp³-hybridized carbons (Fsp3) is 0.276. The van der Waals surface area contributed by atoms with Gasteiger partial charge in [0.05, 0.1) is 27.8 Å². The van der Waals surface area contributed by atoms with Gasteiger partial charge in [-0.2, -0.15) is 0 Å². The largest absolute Gasteiger partial charge is 0.310 e. The average molecular weight is 806 g/mol. The molecule has 0 unspecified atom stereocenters. The maximum absolute atomic E-state index is 2.64. The summed E-state index contributed by atoms with van der Waals surface area (Å²) in [6.45, 7) is 28.3. The molecule has 62 heavy (non-hydrogen) atoms. The van der Waals surface area contributed by atoms with E-state index in [9.17, 15) is 0 Å². The van der Waals surface area contributed by atoms with Crippen LogP contribution >= 0.6 is 0 Å². The van der Waals surface area contributed by atoms with Crippen LogP contribution in [0.3, 0.4) is 0 Å². The lowest BCUT2D eigenvalue weighted by Gasteiger charge is -2.36. The van der Waals surface area contributed by atoms with E-state index in [1.54, 1.807) is 0 Å². The number of para-hydroxylation sites is 2. The van der Waals surface area contributed by atoms with Crippen LogP contribution in [0.25, 0.3) is 82.5 Å². The Balaban J connectivity index is 1.32. The van der Waals surface area contributed by atoms with E-state index in [2.05, 4.69) is 218 Å². The number of benzene rings is 7. The molecular weight excluding hydrogens is 749 g/mol. The van der Waals surface area contributed by atoms with Crippen LogP contribution in [-0.2, 0) is 21.7 Å². The van der Waals surface area contributed by atoms with Crippen molar-refractivity contribution in [1.29, 1.82) is 0 Å². The molecule has 0 fully saturated rings. The molecule has 0 spiro atoms. The molecule has 3 nitrogen and oxygen atoms in total. The SMILES string of the molecule is CC(C)(C)c1cc2c3c(c1)c1ccccc1n3-c1cc(-n3c4cc(C(C)(C)C)ccc4c4ccc(C(C)(C)C)cc43)cc3c1B2c1cc(C(C)(C)C)cc2c4ccccc4n-3c12. The second-order valence-corrected chi connectivity index (χ2v) is 22.8. The van der Waals surface area contributed by atoms with Gasteiger partial charge in [-0.05, 0) is 109 Å². The Labute approximate surface area is 366 Å². The van der Waals surface area contributed by atoms with Crippen molar-refractivity contribution in [3.8, 4) is 17.1 Å². The van der Waals surface area contributed by atoms with E-state index in [1.165, 1.54) is 121 Å². The molecule has 5 heterocycles. The van der Waals surface area contributed by atoms with Crippen LogP contribution < -0.4 is 16.4 Å². The fourth-order valence-electron chi connectivity index (χ4n) is 11.2. The topological polar surface area (TPSA) is 14.8 Å². The van der Waals surface area contributed by atoms with Gasteiger partial charge in [0.1, 0.15) is 0 Å². The Bertz CT molecular complexity index is 3380. The Hall–Kier alpha value is -6.00. The molecule has 7 aromatic carbocycles. The quantitative estimate of drug-likeness (QED) is 0.147. The summed E-state index contributed by atoms with van der Waals surface area (Å²) in [5, 5.41) is 7.90. The first-order chi connectivity index (χ1) is 29.3. The molecule has 0 bridgehead atoms. The minimum absolute atomic E-state index is 0.00231. The Morgan fingerprint density at radius 1 is 0.339 bits per heavy atom. The molecule has 306 valence electrons. The van der Waals surface area contributed by atoms with Gasteiger partial charge in [-0.25, -0.2) is 0 Å². The first-order valence-corrected chi connectivity index (χ1v) is 22.7. The summed E-state index contributed by atoms with van der Waals surface area (Å²) >= 11 is 0. The first-order valence-electron chi connectivity index (χ1n) is 22.7. The normalized spacial score (nSPS) is 14.1. The lowest BCUT2D eigenvalue weighted by molar-refractivity contribution is 0.590. The number of rotatable bonds is 1. The van der Waals surface area contributed by atoms with Gasteiger partial charge in [0, 0.05) is 54.7 Å². The fourth-order valence-corrected chi connectivity index (χ4v) is 11.2. The van der Waals surface area contributed by atoms with Crippen LogP contribution in [0.2, 0.25) is 0 Å². The van der Waals surface area contributed by atoms with Crippen LogP contribution in [-0.4, -0.2) is 20.4 Å². The van der Waals surface area contributed by atoms with Crippen LogP contribution in [0.5, 0.6) is 0 Å². The molecule has 0 aliphatic carbocycles. The molecular formula is C58H56BN3. The number of aromatic nitrogens is 3. The molecule has 0 amide bonds. The molecule has 0 atom stereocenters. The first kappa shape index (κ1) is 37.7. The number of hydrogen-bond donors (Lipinski definition) is 0. The van der Waals surface area contributed by atoms with E-state index in [-0.39, 0.29) is 28.4 Å². The van der Waals surface area contributed by atoms with Crippen molar-refractivity contribution in [2.24, 2.45) is 0 Å². The number of hydrogen-bond acceptors (Lipinski definition) is 0. The summed E-state index contributed by atoms with van der Waals surface area (Å²) < 4.78 is 7.88. The summed E-state index contributed by atoms with van der Waals surface area (Å²) in [6, 6.07) is 47.9. The van der Waals surface area contributed by atoms with Crippen molar-refractivity contribution in [1.82, 2.24) is 13.7 Å². The Kier molecular flexibility index (Phi) is 7.26. The van der Waals surface area contributed by atoms with Gasteiger partial charge in [-0.15, -0.1) is 0 Å². The summed E-state index contributed by atoms with van der Waals surface area (Å²) in [6.07, 6.45) is 0. The highest BCUT2D eigenvalue weighted by Crippen LogP contribution is 2.44. The number of fused-ring (bicyclic) bond motifs is 13. The van der Waals surface area contributed by atoms with Crippen molar-refractivity contribution in [2.45, 2.75) is 105 Å². The summed E-state index contributed by atoms with van der Waals surface area (Å²) in [7, 11) is 0. The third kappa shape index (κ3) is 5.01. The van der Waals surface area contributed by atoms with Crippen LogP contribution in [0.4, 0.5) is 0 Å². The van der Waals surface area contributed by atoms with Crippen molar-refractivity contribution >= 4 is 88.5 Å². The maximum atomic E-state index is 2.64. The monoisotopic (exact) mass is 805 g/mol. The van der Waals surface area contributed by atoms with Gasteiger partial charge >= 0.3 is 0 Å². The molecule has 0 saturated heterocycles. The van der Waals surface area contributed by atoms with Crippen molar-refractivity contribution in [2.75, 3.05) is 0 Å². The third-order valence-electron chi connectivity index (χ3n) is 14.6. The van der Waals surface area contributed by atoms with Gasteiger partial charge in [0.15, 0.2) is 0 Å². The second-order valence-electron chi connectivity index (χ2n) is 22.8. The molecule has 12 rings (SSSR count). The second kappa shape index (κ2) is 11.9. The summed E-state index contributed by atoms with van der Waals surface area (Å²) in [4.78, 5) is 0. The highest BCUT2D eigenvalue weighted by molar-refractivity contribution is 7.00. The minimum atomic E-state index is -0.0264. The Morgan fingerprint density at radius 2 is 0.726 bits per heavy atom. The maximum Gasteiger partial charge on any atom is 0.252 e. The van der Waals surface area contributed by atoms with E-state index < -0.39 is 0 Å². The zero-order valence-corrected chi connectivity index (χ0v) is 38.5. The lowest BCUT2D eigenvalue weighted by atomic mass is 9.34. The van der Waals surface area contributed by atoms with E-state index in [0.29, 0.717) is 0 Å². The highest BCUT2D eigenvalue weighted by Gasteiger charge is 2.43. The smallest absolute Gasteiger partial charge is 0.252 e. The predicted octanol–water partition coefficient (Wildman–Crippen LogP) is 13.3. The molecule has 0 N–H and O–H groups in total. The minimum Gasteiger partial charge on any atom is -0.310 e. The van der Waals surface area contributed by atoms with Gasteiger partial charge in [-0.1, -0.05) is 156 Å². The van der Waals surface area contributed by atoms with Crippen molar-refractivity contribution < 1.29 is 0 Å². The van der Waals surface area contributed by atoms with E-state index in [4.69, 9.17) is 0 Å². The summed E-state index contributed by atoms with van der Waals surface area (Å²) in [5.74, 6) is 0. The molecule has 2 aliphatic rings. The molecule has 0 saturated carbocycles. The molecule has 0 radical (unpaired) electrons. The molecule has 2 aliphatic heterocycles. The van der Waals surface area contributed by atoms with E-state index in [1.807, 2.05) is 0 Å². The van der Waals surface area contributed by atoms with Crippen LogP contribution in [0, 0.1) is 0 Å². The standard InChI is InChI=1S/C58H56BN3/c1-55(2,3)33-21-23-40-41-24-22-34(56(4,5)6)30-49(41)60(48(40)29-33)37-31-50-52-51(32-37)62-47-20-16-14-18-39(47)43-26-36(58(10,11)12)28-45(54(43)62)59(52)44-27-35(57(7,8)9)25-42-38-17-13-15-19-46(38)61(50)53(42)44/h13-32H,1-12H3. The number of nitrogens with zero attached hydrogens (tertiary/aromatic N) is 3. The van der Waals surface area contributed by atoms with Gasteiger partial charge in [0.2, 0.25) is 0 Å². The Morgan fingerprint density at radius 3 is 1.13 bits per heavy atom. The van der Waals surface area contributed by atoms with Gasteiger partial charge in [-0.3, -0.25) is 0 Å². The van der Waals surface area contributed by atoms with Crippen molar-refractivity contribution in [3.63, 3.8) is 0 Å². The van der Waals surface area contributed by atoms with Crippen LogP contribution in [0.1, 0.15) is 105 Å². The van der Waals surface area contributed by atoms with Gasteiger partial charge < -0.3 is 13.7 Å². The van der Waals surface area contributed by atoms with Crippen molar-refractivity contribution in [3.05, 3.63) is 144 Å². The predicted molar refractivity (Wildman–Crippen MR) is 269 cm³/mol. The van der Waals surface area contributed by atoms with Crippen LogP contribution in [0.15, 0.2) is 121 Å². The zero-order valence-electron chi connectivity index (χ0n) is 38.5. The zero-order chi connectivity index (χ0) is 43.2. The lowest BCUT2D eigenvalue weighted by Crippen LogP contribution is -2.59. The highest BCUT2D eigenvalue weighted by atomic mass is 15.1. The molecule has 4 heteroatoms.